The van der Waals surface area contributed by atoms with Crippen molar-refractivity contribution in [2.24, 2.45) is 0 Å². The maximum atomic E-state index is 6.12. The standard InChI is InChI=1S/C54H33NO2S/c1-4-13-49-43(8-1)47-32-37(22-30-51(47)56-49)34-16-24-39(25-17-34)55(40-26-18-35(19-27-40)38-23-31-52-48(33-38)44-9-2-5-14-50(44)57-52)41-28-20-36(21-29-41)42-11-7-12-46-45-10-3-6-15-53(45)58-54(42)46/h1-33H. The van der Waals surface area contributed by atoms with E-state index in [-0.39, 0.29) is 0 Å². The maximum Gasteiger partial charge on any atom is 0.135 e. The molecule has 0 spiro atoms. The Kier molecular flexibility index (Phi) is 7.40. The van der Waals surface area contributed by atoms with Crippen LogP contribution in [0.25, 0.3) is 97.4 Å². The molecule has 3 heterocycles. The summed E-state index contributed by atoms with van der Waals surface area (Å²) in [4.78, 5) is 2.34. The third-order valence-electron chi connectivity index (χ3n) is 11.5. The molecule has 0 N–H and O–H groups in total. The zero-order chi connectivity index (χ0) is 38.2. The van der Waals surface area contributed by atoms with Gasteiger partial charge in [0.25, 0.3) is 0 Å². The molecule has 9 aromatic carbocycles. The Labute approximate surface area is 338 Å². The first-order valence-corrected chi connectivity index (χ1v) is 20.4. The predicted molar refractivity (Wildman–Crippen MR) is 245 cm³/mol. The van der Waals surface area contributed by atoms with Gasteiger partial charge in [0.2, 0.25) is 0 Å². The van der Waals surface area contributed by atoms with E-state index in [1.54, 1.807) is 0 Å². The van der Waals surface area contributed by atoms with Crippen molar-refractivity contribution in [1.29, 1.82) is 0 Å². The van der Waals surface area contributed by atoms with Gasteiger partial charge in [-0.15, -0.1) is 11.3 Å². The van der Waals surface area contributed by atoms with E-state index in [4.69, 9.17) is 8.83 Å². The van der Waals surface area contributed by atoms with Crippen LogP contribution in [0.4, 0.5) is 17.1 Å². The van der Waals surface area contributed by atoms with Crippen molar-refractivity contribution in [2.75, 3.05) is 4.90 Å². The first-order valence-electron chi connectivity index (χ1n) is 19.6. The minimum Gasteiger partial charge on any atom is -0.456 e. The Hall–Kier alpha value is -7.40. The van der Waals surface area contributed by atoms with Gasteiger partial charge in [-0.25, -0.2) is 0 Å². The van der Waals surface area contributed by atoms with E-state index < -0.39 is 0 Å². The maximum absolute atomic E-state index is 6.12. The summed E-state index contributed by atoms with van der Waals surface area (Å²) in [6.45, 7) is 0. The van der Waals surface area contributed by atoms with Gasteiger partial charge in [-0.05, 0) is 112 Å². The number of fused-ring (bicyclic) bond motifs is 9. The Balaban J connectivity index is 0.935. The summed E-state index contributed by atoms with van der Waals surface area (Å²) in [7, 11) is 0. The van der Waals surface area contributed by atoms with E-state index in [9.17, 15) is 0 Å². The SMILES string of the molecule is c1ccc2c(c1)oc1ccc(-c3ccc(N(c4ccc(-c5ccc6oc7ccccc7c6c5)cc4)c4ccc(-c5cccc6c5sc5ccccc56)cc4)cc3)cc12. The molecule has 0 bridgehead atoms. The van der Waals surface area contributed by atoms with Gasteiger partial charge >= 0.3 is 0 Å². The lowest BCUT2D eigenvalue weighted by molar-refractivity contribution is 0.668. The predicted octanol–water partition coefficient (Wildman–Crippen LogP) is 16.3. The normalized spacial score (nSPS) is 11.8. The molecule has 0 aliphatic rings. The van der Waals surface area contributed by atoms with E-state index >= 15 is 0 Å². The summed E-state index contributed by atoms with van der Waals surface area (Å²) in [5, 5.41) is 7.15. The second-order valence-electron chi connectivity index (χ2n) is 14.9. The first-order chi connectivity index (χ1) is 28.7. The Morgan fingerprint density at radius 3 is 1.29 bits per heavy atom. The van der Waals surface area contributed by atoms with Crippen LogP contribution in [-0.4, -0.2) is 0 Å². The molecule has 3 aromatic heterocycles. The number of thiophene rings is 1. The lowest BCUT2D eigenvalue weighted by Gasteiger charge is -2.26. The van der Waals surface area contributed by atoms with Gasteiger partial charge in [-0.3, -0.25) is 0 Å². The van der Waals surface area contributed by atoms with Crippen LogP contribution in [0.2, 0.25) is 0 Å². The molecule has 0 aliphatic heterocycles. The number of hydrogen-bond acceptors (Lipinski definition) is 4. The Morgan fingerprint density at radius 2 is 0.741 bits per heavy atom. The van der Waals surface area contributed by atoms with Gasteiger partial charge in [-0.1, -0.05) is 121 Å². The summed E-state index contributed by atoms with van der Waals surface area (Å²) in [5.41, 5.74) is 14.0. The Morgan fingerprint density at radius 1 is 0.310 bits per heavy atom. The molecule has 0 saturated heterocycles. The van der Waals surface area contributed by atoms with Crippen molar-refractivity contribution >= 4 is 92.4 Å². The number of nitrogens with zero attached hydrogens (tertiary/aromatic N) is 1. The van der Waals surface area contributed by atoms with Crippen molar-refractivity contribution < 1.29 is 8.83 Å². The highest BCUT2D eigenvalue weighted by Crippen LogP contribution is 2.43. The molecule has 0 amide bonds. The third kappa shape index (κ3) is 5.34. The van der Waals surface area contributed by atoms with Crippen LogP contribution in [-0.2, 0) is 0 Å². The van der Waals surface area contributed by atoms with E-state index in [2.05, 4.69) is 181 Å². The topological polar surface area (TPSA) is 29.5 Å². The molecule has 0 atom stereocenters. The number of benzene rings is 9. The van der Waals surface area contributed by atoms with Crippen LogP contribution in [0.5, 0.6) is 0 Å². The van der Waals surface area contributed by atoms with Gasteiger partial charge < -0.3 is 13.7 Å². The van der Waals surface area contributed by atoms with E-state index in [0.29, 0.717) is 0 Å². The third-order valence-corrected chi connectivity index (χ3v) is 12.7. The summed E-state index contributed by atoms with van der Waals surface area (Å²) >= 11 is 1.87. The molecule has 0 unspecified atom stereocenters. The van der Waals surface area contributed by atoms with Gasteiger partial charge in [0, 0.05) is 58.8 Å². The fraction of sp³-hybridized carbons (Fsp3) is 0. The number of anilines is 3. The molecule has 0 saturated carbocycles. The van der Waals surface area contributed by atoms with Crippen molar-refractivity contribution in [3.05, 3.63) is 200 Å². The molecule has 0 aliphatic carbocycles. The molecule has 0 fully saturated rings. The average Bonchev–Trinajstić information content (AvgIpc) is 3.98. The molecule has 12 rings (SSSR count). The van der Waals surface area contributed by atoms with Crippen molar-refractivity contribution in [3.8, 4) is 33.4 Å². The van der Waals surface area contributed by atoms with Crippen LogP contribution < -0.4 is 4.90 Å². The lowest BCUT2D eigenvalue weighted by atomic mass is 10.0. The fourth-order valence-electron chi connectivity index (χ4n) is 8.63. The number of rotatable bonds is 6. The zero-order valence-corrected chi connectivity index (χ0v) is 32.0. The van der Waals surface area contributed by atoms with Crippen LogP contribution in [0.1, 0.15) is 0 Å². The second kappa shape index (κ2) is 13.1. The molecule has 272 valence electrons. The van der Waals surface area contributed by atoms with Crippen molar-refractivity contribution in [1.82, 2.24) is 0 Å². The molecule has 3 nitrogen and oxygen atoms in total. The van der Waals surface area contributed by atoms with Gasteiger partial charge in [0.05, 0.1) is 0 Å². The van der Waals surface area contributed by atoms with Crippen LogP contribution >= 0.6 is 11.3 Å². The molecule has 12 aromatic rings. The van der Waals surface area contributed by atoms with E-state index in [1.165, 1.54) is 31.3 Å². The largest absolute Gasteiger partial charge is 0.456 e. The summed E-state index contributed by atoms with van der Waals surface area (Å²) in [6, 6.07) is 71.6. The monoisotopic (exact) mass is 759 g/mol. The smallest absolute Gasteiger partial charge is 0.135 e. The molecule has 0 radical (unpaired) electrons. The number of furan rings is 2. The molecule has 4 heteroatoms. The fourth-order valence-corrected chi connectivity index (χ4v) is 9.87. The Bertz CT molecular complexity index is 3340. The minimum absolute atomic E-state index is 0.904. The van der Waals surface area contributed by atoms with Gasteiger partial charge in [0.15, 0.2) is 0 Å². The second-order valence-corrected chi connectivity index (χ2v) is 15.9. The highest BCUT2D eigenvalue weighted by Gasteiger charge is 2.17. The van der Waals surface area contributed by atoms with Crippen LogP contribution in [0.15, 0.2) is 209 Å². The number of para-hydroxylation sites is 2. The molecular weight excluding hydrogens is 727 g/mol. The molecular formula is C54H33NO2S. The zero-order valence-electron chi connectivity index (χ0n) is 31.2. The van der Waals surface area contributed by atoms with E-state index in [0.717, 1.165) is 83.2 Å². The first kappa shape index (κ1) is 32.8. The highest BCUT2D eigenvalue weighted by atomic mass is 32.1. The van der Waals surface area contributed by atoms with Crippen molar-refractivity contribution in [3.63, 3.8) is 0 Å². The van der Waals surface area contributed by atoms with Gasteiger partial charge in [-0.2, -0.15) is 0 Å². The minimum atomic E-state index is 0.904. The average molecular weight is 760 g/mol. The number of hydrogen-bond donors (Lipinski definition) is 0. The quantitative estimate of drug-likeness (QED) is 0.169. The van der Waals surface area contributed by atoms with Crippen molar-refractivity contribution in [2.45, 2.75) is 0 Å². The summed E-state index contributed by atoms with van der Waals surface area (Å²) < 4.78 is 14.9. The van der Waals surface area contributed by atoms with Crippen LogP contribution in [0.3, 0.4) is 0 Å². The molecule has 58 heavy (non-hydrogen) atoms. The van der Waals surface area contributed by atoms with Crippen LogP contribution in [0, 0.1) is 0 Å². The summed E-state index contributed by atoms with van der Waals surface area (Å²) in [6.07, 6.45) is 0. The highest BCUT2D eigenvalue weighted by molar-refractivity contribution is 7.26. The summed E-state index contributed by atoms with van der Waals surface area (Å²) in [5.74, 6) is 0. The lowest BCUT2D eigenvalue weighted by Crippen LogP contribution is -2.09. The van der Waals surface area contributed by atoms with Gasteiger partial charge in [0.1, 0.15) is 22.3 Å². The van der Waals surface area contributed by atoms with E-state index in [1.807, 2.05) is 35.6 Å².